The normalized spacial score (nSPS) is 21.6. The van der Waals surface area contributed by atoms with Crippen LogP contribution in [0.25, 0.3) is 5.69 Å². The van der Waals surface area contributed by atoms with E-state index in [2.05, 4.69) is 36.6 Å². The van der Waals surface area contributed by atoms with E-state index in [-0.39, 0.29) is 18.0 Å². The van der Waals surface area contributed by atoms with Crippen molar-refractivity contribution in [2.45, 2.75) is 70.4 Å². The third-order valence-electron chi connectivity index (χ3n) is 6.38. The maximum absolute atomic E-state index is 12.4. The van der Waals surface area contributed by atoms with E-state index in [1.54, 1.807) is 7.11 Å². The average molecular weight is 409 g/mol. The number of hydrogen-bond acceptors (Lipinski definition) is 3. The highest BCUT2D eigenvalue weighted by atomic mass is 16.5. The topological polar surface area (TPSA) is 68.2 Å². The van der Waals surface area contributed by atoms with E-state index in [0.717, 1.165) is 42.1 Å². The van der Waals surface area contributed by atoms with Gasteiger partial charge in [-0.25, -0.2) is 9.48 Å². The summed E-state index contributed by atoms with van der Waals surface area (Å²) in [5.74, 6) is 1.09. The van der Waals surface area contributed by atoms with Crippen LogP contribution in [0.15, 0.2) is 36.4 Å². The molecule has 1 aromatic heterocycles. The zero-order valence-corrected chi connectivity index (χ0v) is 18.1. The predicted octanol–water partition coefficient (Wildman–Crippen LogP) is 4.54. The molecule has 4 rings (SSSR count). The van der Waals surface area contributed by atoms with Crippen LogP contribution in [-0.4, -0.2) is 35.0 Å². The minimum atomic E-state index is -0.0421. The molecule has 2 N–H and O–H groups in total. The Balaban J connectivity index is 1.41. The van der Waals surface area contributed by atoms with E-state index >= 15 is 0 Å². The Morgan fingerprint density at radius 1 is 1.07 bits per heavy atom. The Kier molecular flexibility index (Phi) is 6.11. The minimum Gasteiger partial charge on any atom is -0.497 e. The van der Waals surface area contributed by atoms with Gasteiger partial charge in [0, 0.05) is 29.3 Å². The van der Waals surface area contributed by atoms with Gasteiger partial charge >= 0.3 is 6.03 Å². The molecule has 0 radical (unpaired) electrons. The van der Waals surface area contributed by atoms with Crippen LogP contribution >= 0.6 is 0 Å². The van der Waals surface area contributed by atoms with Gasteiger partial charge in [0.15, 0.2) is 0 Å². The Morgan fingerprint density at radius 2 is 1.80 bits per heavy atom. The maximum Gasteiger partial charge on any atom is 0.315 e. The smallest absolute Gasteiger partial charge is 0.315 e. The molecule has 2 aliphatic rings. The summed E-state index contributed by atoms with van der Waals surface area (Å²) in [5.41, 5.74) is 4.44. The van der Waals surface area contributed by atoms with Crippen LogP contribution in [0.3, 0.4) is 0 Å². The molecule has 0 bridgehead atoms. The molecule has 2 aromatic rings. The zero-order valence-electron chi connectivity index (χ0n) is 18.1. The van der Waals surface area contributed by atoms with Crippen LogP contribution in [0.4, 0.5) is 4.79 Å². The summed E-state index contributed by atoms with van der Waals surface area (Å²) in [6.45, 7) is 4.18. The van der Waals surface area contributed by atoms with Crippen molar-refractivity contribution in [2.75, 3.05) is 7.11 Å². The van der Waals surface area contributed by atoms with Gasteiger partial charge in [0.2, 0.25) is 0 Å². The van der Waals surface area contributed by atoms with Crippen LogP contribution < -0.4 is 15.4 Å². The monoisotopic (exact) mass is 408 g/mol. The quantitative estimate of drug-likeness (QED) is 0.714. The number of urea groups is 1. The number of carbonyl (C=O) groups is 1. The van der Waals surface area contributed by atoms with E-state index in [4.69, 9.17) is 9.84 Å². The molecule has 1 aromatic carbocycles. The molecule has 2 unspecified atom stereocenters. The lowest BCUT2D eigenvalue weighted by molar-refractivity contribution is 0.230. The van der Waals surface area contributed by atoms with Gasteiger partial charge in [-0.1, -0.05) is 31.4 Å². The number of rotatable bonds is 5. The number of aryl methyl sites for hydroxylation is 1. The molecular formula is C24H32N4O2. The summed E-state index contributed by atoms with van der Waals surface area (Å²) in [4.78, 5) is 12.4. The highest BCUT2D eigenvalue weighted by molar-refractivity contribution is 5.75. The molecule has 30 heavy (non-hydrogen) atoms. The van der Waals surface area contributed by atoms with Crippen molar-refractivity contribution in [3.63, 3.8) is 0 Å². The van der Waals surface area contributed by atoms with Gasteiger partial charge in [0.25, 0.3) is 0 Å². The van der Waals surface area contributed by atoms with Gasteiger partial charge in [-0.2, -0.15) is 5.10 Å². The lowest BCUT2D eigenvalue weighted by Crippen LogP contribution is -2.46. The second-order valence-electron chi connectivity index (χ2n) is 8.48. The number of nitrogens with one attached hydrogen (secondary N) is 2. The van der Waals surface area contributed by atoms with Crippen molar-refractivity contribution in [3.05, 3.63) is 53.4 Å². The van der Waals surface area contributed by atoms with Gasteiger partial charge in [0.1, 0.15) is 5.75 Å². The Bertz CT molecular complexity index is 910. The molecule has 2 aliphatic carbocycles. The molecule has 2 atom stereocenters. The molecular weight excluding hydrogens is 376 g/mol. The number of allylic oxidation sites excluding steroid dienone is 1. The van der Waals surface area contributed by atoms with Gasteiger partial charge in [-0.15, -0.1) is 0 Å². The molecule has 2 amide bonds. The predicted molar refractivity (Wildman–Crippen MR) is 118 cm³/mol. The Morgan fingerprint density at radius 3 is 2.50 bits per heavy atom. The van der Waals surface area contributed by atoms with E-state index in [9.17, 15) is 4.79 Å². The van der Waals surface area contributed by atoms with Gasteiger partial charge in [-0.3, -0.25) is 0 Å². The molecule has 0 spiro atoms. The number of aromatic nitrogens is 2. The number of amides is 2. The summed E-state index contributed by atoms with van der Waals surface area (Å²) in [6.07, 6.45) is 11.1. The van der Waals surface area contributed by atoms with Crippen LogP contribution in [0.1, 0.15) is 61.4 Å². The van der Waals surface area contributed by atoms with Crippen LogP contribution in [0.2, 0.25) is 0 Å². The molecule has 6 nitrogen and oxygen atoms in total. The second kappa shape index (κ2) is 8.94. The maximum atomic E-state index is 12.4. The average Bonchev–Trinajstić information content (AvgIpc) is 3.32. The third kappa shape index (κ3) is 4.37. The largest absolute Gasteiger partial charge is 0.497 e. The zero-order chi connectivity index (χ0) is 21.1. The summed E-state index contributed by atoms with van der Waals surface area (Å²) >= 11 is 0. The molecule has 0 saturated heterocycles. The lowest BCUT2D eigenvalue weighted by atomic mass is 9.95. The van der Waals surface area contributed by atoms with E-state index < -0.39 is 0 Å². The molecule has 0 aliphatic heterocycles. The van der Waals surface area contributed by atoms with Crippen LogP contribution in [0, 0.1) is 13.8 Å². The van der Waals surface area contributed by atoms with Crippen LogP contribution in [0.5, 0.6) is 5.75 Å². The molecule has 6 heteroatoms. The van der Waals surface area contributed by atoms with Gasteiger partial charge in [-0.05, 0) is 57.4 Å². The van der Waals surface area contributed by atoms with Crippen LogP contribution in [-0.2, 0) is 0 Å². The summed E-state index contributed by atoms with van der Waals surface area (Å²) in [7, 11) is 1.67. The van der Waals surface area contributed by atoms with Crippen molar-refractivity contribution in [2.24, 2.45) is 0 Å². The number of hydrogen-bond donors (Lipinski definition) is 2. The van der Waals surface area contributed by atoms with Crippen molar-refractivity contribution >= 4 is 6.03 Å². The van der Waals surface area contributed by atoms with E-state index in [1.165, 1.54) is 24.8 Å². The van der Waals surface area contributed by atoms with Gasteiger partial charge in [0.05, 0.1) is 18.5 Å². The first-order chi connectivity index (χ1) is 14.5. The van der Waals surface area contributed by atoms with Crippen molar-refractivity contribution in [1.82, 2.24) is 20.4 Å². The molecule has 1 saturated carbocycles. The fraction of sp³-hybridized carbons (Fsp3) is 0.500. The number of nitrogens with zero attached hydrogens (tertiary/aromatic N) is 2. The third-order valence-corrected chi connectivity index (χ3v) is 6.38. The van der Waals surface area contributed by atoms with E-state index in [0.29, 0.717) is 6.04 Å². The molecule has 1 fully saturated rings. The molecule has 1 heterocycles. The fourth-order valence-corrected chi connectivity index (χ4v) is 4.83. The lowest BCUT2D eigenvalue weighted by Gasteiger charge is -2.24. The number of benzene rings is 1. The first-order valence-electron chi connectivity index (χ1n) is 11.0. The first-order valence-corrected chi connectivity index (χ1v) is 11.0. The standard InChI is InChI=1S/C24H32N4O2/c1-16-23(17(2)28(27-16)21-11-13-22(30-3)14-12-21)18-9-10-20(15-18)26-24(29)25-19-7-5-4-6-8-19/h9-14,18-20H,4-8,15H2,1-3H3,(H2,25,26,29). The van der Waals surface area contributed by atoms with Crippen molar-refractivity contribution < 1.29 is 9.53 Å². The van der Waals surface area contributed by atoms with Crippen molar-refractivity contribution in [1.29, 1.82) is 0 Å². The number of ether oxygens (including phenoxy) is 1. The highest BCUT2D eigenvalue weighted by Crippen LogP contribution is 2.34. The summed E-state index contributed by atoms with van der Waals surface area (Å²) in [6, 6.07) is 8.28. The van der Waals surface area contributed by atoms with Crippen molar-refractivity contribution in [3.8, 4) is 11.4 Å². The fourth-order valence-electron chi connectivity index (χ4n) is 4.83. The molecule has 160 valence electrons. The first kappa shape index (κ1) is 20.5. The SMILES string of the molecule is COc1ccc(-n2nc(C)c(C3C=CC(NC(=O)NC4CCCCC4)C3)c2C)cc1. The van der Waals surface area contributed by atoms with E-state index in [1.807, 2.05) is 28.9 Å². The van der Waals surface area contributed by atoms with Gasteiger partial charge < -0.3 is 15.4 Å². The Hall–Kier alpha value is -2.76. The second-order valence-corrected chi connectivity index (χ2v) is 8.48. The number of carbonyl (C=O) groups excluding carboxylic acids is 1. The number of methoxy groups -OCH3 is 1. The highest BCUT2D eigenvalue weighted by Gasteiger charge is 2.27. The minimum absolute atomic E-state index is 0.0421. The summed E-state index contributed by atoms with van der Waals surface area (Å²) < 4.78 is 7.25. The Labute approximate surface area is 178 Å². The summed E-state index contributed by atoms with van der Waals surface area (Å²) in [5, 5.41) is 11.1.